The summed E-state index contributed by atoms with van der Waals surface area (Å²) in [6.07, 6.45) is 6.74. The molecule has 0 saturated carbocycles. The van der Waals surface area contributed by atoms with Gasteiger partial charge in [0.2, 0.25) is 0 Å². The van der Waals surface area contributed by atoms with Crippen molar-refractivity contribution in [2.24, 2.45) is 28.9 Å². The Labute approximate surface area is 130 Å². The van der Waals surface area contributed by atoms with Crippen LogP contribution in [-0.4, -0.2) is 10.2 Å². The van der Waals surface area contributed by atoms with E-state index in [1.165, 1.54) is 32.1 Å². The molecule has 0 saturated heterocycles. The van der Waals surface area contributed by atoms with E-state index in [4.69, 9.17) is 0 Å². The molecule has 8 N–H and O–H groups in total. The zero-order valence-electron chi connectivity index (χ0n) is 13.2. The number of thiocarbonyl (C=S) groups is 2. The molecule has 0 aliphatic carbocycles. The number of nitrogens with two attached hydrogens (primary N) is 4. The maximum absolute atomic E-state index is 4.62. The average molecular weight is 311 g/mol. The predicted molar refractivity (Wildman–Crippen MR) is 96.9 cm³/mol. The second-order valence-corrected chi connectivity index (χ2v) is 5.02. The molecule has 6 heteroatoms. The summed E-state index contributed by atoms with van der Waals surface area (Å²) >= 11 is 8.19. The SMILES string of the molecule is CCC(C)CC.CCCCC.NC(N)=S.NC(N)=S. The van der Waals surface area contributed by atoms with E-state index in [1.807, 2.05) is 0 Å². The van der Waals surface area contributed by atoms with E-state index in [2.05, 4.69) is 82.0 Å². The molecule has 19 heavy (non-hydrogen) atoms. The highest BCUT2D eigenvalue weighted by atomic mass is 32.1. The number of unbranched alkanes of at least 4 members (excludes halogenated alkanes) is 2. The molecule has 0 bridgehead atoms. The highest BCUT2D eigenvalue weighted by Crippen LogP contribution is 2.02. The van der Waals surface area contributed by atoms with Crippen LogP contribution in [0.1, 0.15) is 66.7 Å². The molecule has 0 aromatic rings. The molecule has 118 valence electrons. The Kier molecular flexibility index (Phi) is 36.8. The summed E-state index contributed by atoms with van der Waals surface area (Å²) in [4.78, 5) is 0. The third kappa shape index (κ3) is 142. The van der Waals surface area contributed by atoms with E-state index in [-0.39, 0.29) is 10.2 Å². The molecule has 0 radical (unpaired) electrons. The molecule has 0 amide bonds. The first-order valence-electron chi connectivity index (χ1n) is 6.79. The zero-order valence-corrected chi connectivity index (χ0v) is 14.9. The second-order valence-electron chi connectivity index (χ2n) is 4.08. The first-order chi connectivity index (χ1) is 8.69. The molecule has 0 aliphatic heterocycles. The van der Waals surface area contributed by atoms with E-state index in [9.17, 15) is 0 Å². The van der Waals surface area contributed by atoms with Crippen molar-refractivity contribution in [1.29, 1.82) is 0 Å². The van der Waals surface area contributed by atoms with Gasteiger partial charge >= 0.3 is 0 Å². The van der Waals surface area contributed by atoms with E-state index in [0.29, 0.717) is 0 Å². The van der Waals surface area contributed by atoms with Crippen LogP contribution >= 0.6 is 24.4 Å². The average Bonchev–Trinajstić information content (AvgIpc) is 2.28. The summed E-state index contributed by atoms with van der Waals surface area (Å²) < 4.78 is 0. The standard InChI is InChI=1S/C6H14.C5H12.2CH4N2S/c1-4-6(3)5-2;1-3-5-4-2;2*2-1(3)4/h6H,4-5H2,1-3H3;3-5H2,1-2H3;2*(H4,2,3,4). The van der Waals surface area contributed by atoms with Crippen LogP contribution in [-0.2, 0) is 0 Å². The Hall–Kier alpha value is -0.620. The molecular formula is C13H34N4S2. The normalized spacial score (nSPS) is 7.89. The summed E-state index contributed by atoms with van der Waals surface area (Å²) in [6.45, 7) is 11.2. The number of hydrogen-bond donors (Lipinski definition) is 4. The molecule has 0 fully saturated rings. The minimum Gasteiger partial charge on any atom is -0.377 e. The largest absolute Gasteiger partial charge is 0.377 e. The lowest BCUT2D eigenvalue weighted by molar-refractivity contribution is 0.544. The van der Waals surface area contributed by atoms with Gasteiger partial charge in [0.1, 0.15) is 0 Å². The van der Waals surface area contributed by atoms with Crippen LogP contribution in [0.4, 0.5) is 0 Å². The molecule has 0 aromatic carbocycles. The van der Waals surface area contributed by atoms with Crippen LogP contribution in [0.25, 0.3) is 0 Å². The fourth-order valence-electron chi connectivity index (χ4n) is 0.642. The fourth-order valence-corrected chi connectivity index (χ4v) is 0.642. The maximum atomic E-state index is 4.62. The second kappa shape index (κ2) is 26.0. The lowest BCUT2D eigenvalue weighted by Crippen LogP contribution is -2.18. The first-order valence-corrected chi connectivity index (χ1v) is 7.60. The maximum Gasteiger partial charge on any atom is 0.160 e. The smallest absolute Gasteiger partial charge is 0.160 e. The van der Waals surface area contributed by atoms with Crippen molar-refractivity contribution in [1.82, 2.24) is 0 Å². The van der Waals surface area contributed by atoms with Crippen molar-refractivity contribution in [3.63, 3.8) is 0 Å². The van der Waals surface area contributed by atoms with Gasteiger partial charge in [0.25, 0.3) is 0 Å². The van der Waals surface area contributed by atoms with Gasteiger partial charge in [-0.3, -0.25) is 0 Å². The van der Waals surface area contributed by atoms with Gasteiger partial charge in [-0.05, 0) is 30.4 Å². The van der Waals surface area contributed by atoms with Gasteiger partial charge in [0.15, 0.2) is 10.2 Å². The van der Waals surface area contributed by atoms with Crippen molar-refractivity contribution in [3.8, 4) is 0 Å². The van der Waals surface area contributed by atoms with Crippen LogP contribution in [0, 0.1) is 5.92 Å². The fraction of sp³-hybridized carbons (Fsp3) is 0.846. The topological polar surface area (TPSA) is 104 Å². The quantitative estimate of drug-likeness (QED) is 0.595. The summed E-state index contributed by atoms with van der Waals surface area (Å²) in [7, 11) is 0. The summed E-state index contributed by atoms with van der Waals surface area (Å²) in [5.41, 5.74) is 18.5. The number of hydrogen-bond acceptors (Lipinski definition) is 2. The van der Waals surface area contributed by atoms with E-state index < -0.39 is 0 Å². The van der Waals surface area contributed by atoms with Gasteiger partial charge in [0, 0.05) is 0 Å². The Balaban J connectivity index is -0.0000000803. The summed E-state index contributed by atoms with van der Waals surface area (Å²) in [5, 5.41) is 0.000000000000000444. The van der Waals surface area contributed by atoms with Crippen molar-refractivity contribution in [3.05, 3.63) is 0 Å². The Morgan fingerprint density at radius 2 is 1.00 bits per heavy atom. The molecule has 0 spiro atoms. The van der Waals surface area contributed by atoms with Gasteiger partial charge in [-0.15, -0.1) is 0 Å². The number of rotatable bonds is 4. The van der Waals surface area contributed by atoms with E-state index in [0.717, 1.165) is 5.92 Å². The lowest BCUT2D eigenvalue weighted by Gasteiger charge is -1.98. The highest BCUT2D eigenvalue weighted by molar-refractivity contribution is 7.80. The third-order valence-corrected chi connectivity index (χ3v) is 2.10. The van der Waals surface area contributed by atoms with Crippen molar-refractivity contribution in [2.75, 3.05) is 0 Å². The van der Waals surface area contributed by atoms with Crippen molar-refractivity contribution in [2.45, 2.75) is 66.7 Å². The Morgan fingerprint density at radius 1 is 0.789 bits per heavy atom. The van der Waals surface area contributed by atoms with Crippen LogP contribution in [0.5, 0.6) is 0 Å². The molecule has 0 rings (SSSR count). The molecule has 0 atom stereocenters. The van der Waals surface area contributed by atoms with Crippen LogP contribution in [0.3, 0.4) is 0 Å². The molecule has 0 heterocycles. The minimum atomic E-state index is 0.000000000000000222. The minimum absolute atomic E-state index is 0.000000000000000222. The van der Waals surface area contributed by atoms with E-state index >= 15 is 0 Å². The predicted octanol–water partition coefficient (Wildman–Crippen LogP) is 3.02. The van der Waals surface area contributed by atoms with Crippen LogP contribution in [0.2, 0.25) is 0 Å². The van der Waals surface area contributed by atoms with Gasteiger partial charge in [-0.25, -0.2) is 0 Å². The lowest BCUT2D eigenvalue weighted by atomic mass is 10.1. The van der Waals surface area contributed by atoms with Crippen LogP contribution in [0.15, 0.2) is 0 Å². The Morgan fingerprint density at radius 3 is 1.00 bits per heavy atom. The third-order valence-electron chi connectivity index (χ3n) is 2.10. The first kappa shape index (κ1) is 26.8. The van der Waals surface area contributed by atoms with Gasteiger partial charge in [0.05, 0.1) is 0 Å². The molecule has 0 aromatic heterocycles. The van der Waals surface area contributed by atoms with Crippen LogP contribution < -0.4 is 22.9 Å². The molecule has 4 nitrogen and oxygen atoms in total. The van der Waals surface area contributed by atoms with Crippen molar-refractivity contribution >= 4 is 34.7 Å². The zero-order chi connectivity index (χ0) is 16.3. The molecular weight excluding hydrogens is 276 g/mol. The Bertz CT molecular complexity index is 161. The highest BCUT2D eigenvalue weighted by Gasteiger charge is 1.88. The summed E-state index contributed by atoms with van der Waals surface area (Å²) in [5.74, 6) is 0.935. The van der Waals surface area contributed by atoms with Gasteiger partial charge in [-0.1, -0.05) is 66.7 Å². The van der Waals surface area contributed by atoms with Crippen molar-refractivity contribution < 1.29 is 0 Å². The van der Waals surface area contributed by atoms with E-state index in [1.54, 1.807) is 0 Å². The van der Waals surface area contributed by atoms with Gasteiger partial charge < -0.3 is 22.9 Å². The molecule has 0 unspecified atom stereocenters. The van der Waals surface area contributed by atoms with Gasteiger partial charge in [-0.2, -0.15) is 0 Å². The monoisotopic (exact) mass is 310 g/mol. The molecule has 0 aliphatic rings. The summed E-state index contributed by atoms with van der Waals surface area (Å²) in [6, 6.07) is 0.